The molecule has 1 atom stereocenters. The molecule has 3 aromatic rings. The Kier molecular flexibility index (Phi) is 9.12. The summed E-state index contributed by atoms with van der Waals surface area (Å²) in [6.07, 6.45) is 3.69. The summed E-state index contributed by atoms with van der Waals surface area (Å²) in [5.41, 5.74) is 1.54. The molecule has 12 heteroatoms. The standard InChI is InChI=1S/C34H42N6O5S/c1-5-45-32-10-7-27(43-3)21-30(32)34(39-18-16-38(17-19-39)26-12-14-37(2)15-13-26)24-40(31-9-6-25(22-35)20-29(31)34)46(41,42)33-11-8-28(44-4)23-36-33/h6-11,20-21,23,26H,5,12-19,24H2,1-4H3. The zero-order valence-electron chi connectivity index (χ0n) is 27.0. The van der Waals surface area contributed by atoms with Crippen LogP contribution in [0.2, 0.25) is 0 Å². The Hall–Kier alpha value is -3.89. The molecule has 1 unspecified atom stereocenters. The smallest absolute Gasteiger partial charge is 0.281 e. The van der Waals surface area contributed by atoms with Gasteiger partial charge in [-0.25, -0.2) is 4.98 Å². The number of hydrogen-bond acceptors (Lipinski definition) is 10. The number of methoxy groups -OCH3 is 2. The number of fused-ring (bicyclic) bond motifs is 1. The van der Waals surface area contributed by atoms with Crippen molar-refractivity contribution in [2.24, 2.45) is 0 Å². The second kappa shape index (κ2) is 13.1. The van der Waals surface area contributed by atoms with Crippen molar-refractivity contribution >= 4 is 15.7 Å². The van der Waals surface area contributed by atoms with Crippen LogP contribution in [-0.4, -0.2) is 108 Å². The highest BCUT2D eigenvalue weighted by Crippen LogP contribution is 2.52. The number of ether oxygens (including phenoxy) is 3. The van der Waals surface area contributed by atoms with Crippen LogP contribution in [0.3, 0.4) is 0 Å². The minimum atomic E-state index is -4.12. The first-order chi connectivity index (χ1) is 22.2. The SMILES string of the molecule is CCOc1ccc(OC)cc1C1(N2CCN(C3CCN(C)CC3)CC2)CN(S(=O)(=O)c2ccc(OC)cn2)c2ccc(C#N)cc21. The molecular formula is C34H42N6O5S. The molecule has 0 amide bonds. The molecule has 2 saturated heterocycles. The van der Waals surface area contributed by atoms with Crippen LogP contribution in [0.4, 0.5) is 5.69 Å². The number of piperidine rings is 1. The summed E-state index contributed by atoms with van der Waals surface area (Å²) in [6, 6.07) is 16.8. The van der Waals surface area contributed by atoms with E-state index in [0.29, 0.717) is 54.2 Å². The number of pyridine rings is 1. The van der Waals surface area contributed by atoms with Gasteiger partial charge in [-0.05, 0) is 88.4 Å². The highest BCUT2D eigenvalue weighted by Gasteiger charge is 2.54. The molecular weight excluding hydrogens is 604 g/mol. The summed E-state index contributed by atoms with van der Waals surface area (Å²) in [4.78, 5) is 11.6. The molecule has 4 heterocycles. The van der Waals surface area contributed by atoms with E-state index in [0.717, 1.165) is 50.1 Å². The topological polar surface area (TPSA) is 111 Å². The molecule has 0 aliphatic carbocycles. The zero-order valence-corrected chi connectivity index (χ0v) is 27.8. The third-order valence-corrected chi connectivity index (χ3v) is 11.4. The molecule has 46 heavy (non-hydrogen) atoms. The van der Waals surface area contributed by atoms with E-state index in [-0.39, 0.29) is 11.6 Å². The van der Waals surface area contributed by atoms with Crippen LogP contribution in [0.25, 0.3) is 0 Å². The average molecular weight is 647 g/mol. The van der Waals surface area contributed by atoms with Gasteiger partial charge in [-0.1, -0.05) is 0 Å². The monoisotopic (exact) mass is 646 g/mol. The fourth-order valence-corrected chi connectivity index (χ4v) is 8.67. The van der Waals surface area contributed by atoms with E-state index in [1.54, 1.807) is 25.3 Å². The molecule has 0 spiro atoms. The first-order valence-corrected chi connectivity index (χ1v) is 17.3. The van der Waals surface area contributed by atoms with Gasteiger partial charge in [-0.3, -0.25) is 14.1 Å². The van der Waals surface area contributed by atoms with Crippen LogP contribution >= 0.6 is 0 Å². The Morgan fingerprint density at radius 1 is 0.935 bits per heavy atom. The Morgan fingerprint density at radius 2 is 1.65 bits per heavy atom. The first kappa shape index (κ1) is 32.1. The molecule has 2 fully saturated rings. The maximum Gasteiger partial charge on any atom is 0.281 e. The van der Waals surface area contributed by atoms with Crippen molar-refractivity contribution in [3.8, 4) is 23.3 Å². The second-order valence-electron chi connectivity index (χ2n) is 12.1. The van der Waals surface area contributed by atoms with Gasteiger partial charge in [0.15, 0.2) is 5.03 Å². The second-order valence-corrected chi connectivity index (χ2v) is 13.9. The van der Waals surface area contributed by atoms with E-state index in [9.17, 15) is 13.7 Å². The highest BCUT2D eigenvalue weighted by atomic mass is 32.2. The minimum Gasteiger partial charge on any atom is -0.497 e. The minimum absolute atomic E-state index is 0.0781. The van der Waals surface area contributed by atoms with E-state index >= 15 is 0 Å². The average Bonchev–Trinajstić information content (AvgIpc) is 3.45. The van der Waals surface area contributed by atoms with Crippen LogP contribution < -0.4 is 18.5 Å². The van der Waals surface area contributed by atoms with Crippen LogP contribution in [0, 0.1) is 11.3 Å². The van der Waals surface area contributed by atoms with Crippen LogP contribution in [-0.2, 0) is 15.6 Å². The largest absolute Gasteiger partial charge is 0.497 e. The lowest BCUT2D eigenvalue weighted by Gasteiger charge is -2.49. The van der Waals surface area contributed by atoms with Gasteiger partial charge in [0, 0.05) is 43.3 Å². The molecule has 0 N–H and O–H groups in total. The quantitative estimate of drug-likeness (QED) is 0.342. The zero-order chi connectivity index (χ0) is 32.5. The molecule has 0 saturated carbocycles. The van der Waals surface area contributed by atoms with Gasteiger partial charge in [0.2, 0.25) is 0 Å². The van der Waals surface area contributed by atoms with E-state index in [2.05, 4.69) is 32.8 Å². The Bertz CT molecular complexity index is 1700. The lowest BCUT2D eigenvalue weighted by Crippen LogP contribution is -2.60. The predicted octanol–water partition coefficient (Wildman–Crippen LogP) is 3.53. The number of nitrogens with zero attached hydrogens (tertiary/aromatic N) is 6. The van der Waals surface area contributed by atoms with Crippen molar-refractivity contribution in [3.05, 3.63) is 71.4 Å². The normalized spacial score (nSPS) is 21.5. The number of anilines is 1. The fraction of sp³-hybridized carbons (Fsp3) is 0.471. The Balaban J connectivity index is 1.50. The molecule has 6 rings (SSSR count). The summed E-state index contributed by atoms with van der Waals surface area (Å²) in [5.74, 6) is 1.75. The van der Waals surface area contributed by atoms with Crippen molar-refractivity contribution < 1.29 is 22.6 Å². The summed E-state index contributed by atoms with van der Waals surface area (Å²) < 4.78 is 47.5. The number of sulfonamides is 1. The van der Waals surface area contributed by atoms with Crippen molar-refractivity contribution in [2.75, 3.05) is 78.0 Å². The lowest BCUT2D eigenvalue weighted by atomic mass is 9.80. The van der Waals surface area contributed by atoms with Gasteiger partial charge >= 0.3 is 0 Å². The van der Waals surface area contributed by atoms with E-state index in [1.807, 2.05) is 31.2 Å². The van der Waals surface area contributed by atoms with Crippen molar-refractivity contribution in [3.63, 3.8) is 0 Å². The molecule has 0 bridgehead atoms. The third kappa shape index (κ3) is 5.66. The Morgan fingerprint density at radius 3 is 2.28 bits per heavy atom. The maximum absolute atomic E-state index is 14.4. The van der Waals surface area contributed by atoms with Gasteiger partial charge in [0.25, 0.3) is 10.0 Å². The number of nitriles is 1. The van der Waals surface area contributed by atoms with E-state index < -0.39 is 15.6 Å². The van der Waals surface area contributed by atoms with E-state index in [4.69, 9.17) is 14.2 Å². The van der Waals surface area contributed by atoms with Crippen LogP contribution in [0.5, 0.6) is 17.2 Å². The van der Waals surface area contributed by atoms with Crippen molar-refractivity contribution in [1.29, 1.82) is 5.26 Å². The molecule has 3 aliphatic rings. The van der Waals surface area contributed by atoms with Gasteiger partial charge in [-0.2, -0.15) is 13.7 Å². The van der Waals surface area contributed by atoms with Crippen molar-refractivity contribution in [1.82, 2.24) is 19.7 Å². The summed E-state index contributed by atoms with van der Waals surface area (Å²) >= 11 is 0. The summed E-state index contributed by atoms with van der Waals surface area (Å²) in [6.45, 7) is 7.74. The molecule has 3 aliphatic heterocycles. The van der Waals surface area contributed by atoms with E-state index in [1.165, 1.54) is 23.7 Å². The molecule has 2 aromatic carbocycles. The summed E-state index contributed by atoms with van der Waals surface area (Å²) in [7, 11) is 1.19. The first-order valence-electron chi connectivity index (χ1n) is 15.8. The molecule has 11 nitrogen and oxygen atoms in total. The molecule has 244 valence electrons. The Labute approximate surface area is 271 Å². The number of benzene rings is 2. The number of aromatic nitrogens is 1. The highest BCUT2D eigenvalue weighted by molar-refractivity contribution is 7.92. The van der Waals surface area contributed by atoms with Crippen molar-refractivity contribution in [2.45, 2.75) is 36.4 Å². The van der Waals surface area contributed by atoms with Gasteiger partial charge in [-0.15, -0.1) is 0 Å². The number of rotatable bonds is 9. The number of likely N-dealkylation sites (tertiary alicyclic amines) is 1. The number of hydrogen-bond donors (Lipinski definition) is 0. The van der Waals surface area contributed by atoms with Gasteiger partial charge < -0.3 is 19.1 Å². The summed E-state index contributed by atoms with van der Waals surface area (Å²) in [5, 5.41) is 9.94. The van der Waals surface area contributed by atoms with Crippen LogP contribution in [0.1, 0.15) is 36.5 Å². The van der Waals surface area contributed by atoms with Gasteiger partial charge in [0.05, 0.1) is 56.4 Å². The predicted molar refractivity (Wildman–Crippen MR) is 175 cm³/mol. The molecule has 0 radical (unpaired) electrons. The maximum atomic E-state index is 14.4. The third-order valence-electron chi connectivity index (χ3n) is 9.70. The lowest BCUT2D eigenvalue weighted by molar-refractivity contribution is 0.0248. The van der Waals surface area contributed by atoms with Gasteiger partial charge in [0.1, 0.15) is 17.2 Å². The molecule has 1 aromatic heterocycles. The number of piperazine rings is 1. The van der Waals surface area contributed by atoms with Crippen LogP contribution in [0.15, 0.2) is 59.8 Å². The fourth-order valence-electron chi connectivity index (χ4n) is 7.24.